The summed E-state index contributed by atoms with van der Waals surface area (Å²) in [6.45, 7) is 6.97. The average Bonchev–Trinajstić information content (AvgIpc) is 2.92. The van der Waals surface area contributed by atoms with Crippen molar-refractivity contribution in [2.45, 2.75) is 32.9 Å². The maximum Gasteiger partial charge on any atom is 0.119 e. The molecule has 102 valence electrons. The Morgan fingerprint density at radius 1 is 1.26 bits per heavy atom. The number of benzene rings is 1. The van der Waals surface area contributed by atoms with Gasteiger partial charge in [0.05, 0.1) is 11.2 Å². The van der Waals surface area contributed by atoms with E-state index in [0.717, 1.165) is 11.4 Å². The highest BCUT2D eigenvalue weighted by Crippen LogP contribution is 2.14. The SMILES string of the molecule is Cc1ccc(OCC(C)NC(C)c2cscn2)cc1. The van der Waals surface area contributed by atoms with E-state index in [0.29, 0.717) is 6.61 Å². The van der Waals surface area contributed by atoms with E-state index in [9.17, 15) is 0 Å². The van der Waals surface area contributed by atoms with Gasteiger partial charge in [0.2, 0.25) is 0 Å². The third-order valence-electron chi connectivity index (χ3n) is 2.95. The Morgan fingerprint density at radius 3 is 2.63 bits per heavy atom. The molecule has 2 rings (SSSR count). The van der Waals surface area contributed by atoms with Gasteiger partial charge in [0.15, 0.2) is 0 Å². The molecule has 0 saturated heterocycles. The molecule has 2 aromatic rings. The first-order valence-corrected chi connectivity index (χ1v) is 7.43. The summed E-state index contributed by atoms with van der Waals surface area (Å²) in [6, 6.07) is 8.66. The van der Waals surface area contributed by atoms with Gasteiger partial charge in [-0.15, -0.1) is 11.3 Å². The van der Waals surface area contributed by atoms with Gasteiger partial charge in [0.1, 0.15) is 12.4 Å². The molecular weight excluding hydrogens is 256 g/mol. The van der Waals surface area contributed by atoms with E-state index in [1.165, 1.54) is 5.56 Å². The van der Waals surface area contributed by atoms with Crippen LogP contribution in [0.4, 0.5) is 0 Å². The fourth-order valence-corrected chi connectivity index (χ4v) is 2.50. The van der Waals surface area contributed by atoms with E-state index in [2.05, 4.69) is 48.6 Å². The van der Waals surface area contributed by atoms with E-state index in [4.69, 9.17) is 4.74 Å². The number of aromatic nitrogens is 1. The molecule has 0 fully saturated rings. The van der Waals surface area contributed by atoms with Crippen LogP contribution in [0, 0.1) is 6.92 Å². The van der Waals surface area contributed by atoms with Gasteiger partial charge in [-0.25, -0.2) is 4.98 Å². The van der Waals surface area contributed by atoms with E-state index < -0.39 is 0 Å². The normalized spacial score (nSPS) is 14.1. The summed E-state index contributed by atoms with van der Waals surface area (Å²) >= 11 is 1.62. The second-order valence-electron chi connectivity index (χ2n) is 4.83. The van der Waals surface area contributed by atoms with E-state index in [-0.39, 0.29) is 12.1 Å². The molecule has 4 heteroatoms. The predicted molar refractivity (Wildman–Crippen MR) is 79.8 cm³/mol. The summed E-state index contributed by atoms with van der Waals surface area (Å²) in [4.78, 5) is 4.31. The molecule has 0 bridgehead atoms. The van der Waals surface area contributed by atoms with E-state index in [1.807, 2.05) is 17.6 Å². The Kier molecular flexibility index (Phi) is 4.93. The molecule has 1 heterocycles. The topological polar surface area (TPSA) is 34.1 Å². The fraction of sp³-hybridized carbons (Fsp3) is 0.400. The van der Waals surface area contributed by atoms with Crippen molar-refractivity contribution in [3.8, 4) is 5.75 Å². The molecule has 0 aliphatic carbocycles. The number of nitrogens with zero attached hydrogens (tertiary/aromatic N) is 1. The molecule has 0 aliphatic rings. The number of ether oxygens (including phenoxy) is 1. The lowest BCUT2D eigenvalue weighted by Gasteiger charge is -2.19. The van der Waals surface area contributed by atoms with Crippen molar-refractivity contribution in [3.63, 3.8) is 0 Å². The van der Waals surface area contributed by atoms with Crippen molar-refractivity contribution in [2.24, 2.45) is 0 Å². The number of rotatable bonds is 6. The first-order chi connectivity index (χ1) is 9.15. The number of hydrogen-bond acceptors (Lipinski definition) is 4. The second-order valence-corrected chi connectivity index (χ2v) is 5.55. The standard InChI is InChI=1S/C15H20N2OS/c1-11-4-6-14(7-5-11)18-8-12(2)17-13(3)15-9-19-10-16-15/h4-7,9-10,12-13,17H,8H2,1-3H3. The van der Waals surface area contributed by atoms with Crippen LogP contribution in [0.5, 0.6) is 5.75 Å². The molecule has 1 aromatic heterocycles. The molecule has 0 aliphatic heterocycles. The lowest BCUT2D eigenvalue weighted by Crippen LogP contribution is -2.34. The van der Waals surface area contributed by atoms with Crippen LogP contribution in [0.1, 0.15) is 31.1 Å². The maximum atomic E-state index is 5.76. The van der Waals surface area contributed by atoms with Crippen LogP contribution in [0.2, 0.25) is 0 Å². The van der Waals surface area contributed by atoms with Crippen molar-refractivity contribution in [1.29, 1.82) is 0 Å². The molecule has 2 atom stereocenters. The predicted octanol–water partition coefficient (Wildman–Crippen LogP) is 3.57. The zero-order chi connectivity index (χ0) is 13.7. The minimum atomic E-state index is 0.253. The molecule has 3 nitrogen and oxygen atoms in total. The summed E-state index contributed by atoms with van der Waals surface area (Å²) in [5.74, 6) is 0.917. The molecule has 0 spiro atoms. The van der Waals surface area contributed by atoms with Crippen LogP contribution in [-0.4, -0.2) is 17.6 Å². The third-order valence-corrected chi connectivity index (χ3v) is 3.56. The Balaban J connectivity index is 1.78. The van der Waals surface area contributed by atoms with Gasteiger partial charge < -0.3 is 10.1 Å². The monoisotopic (exact) mass is 276 g/mol. The molecular formula is C15H20N2OS. The van der Waals surface area contributed by atoms with E-state index in [1.54, 1.807) is 11.3 Å². The highest BCUT2D eigenvalue weighted by molar-refractivity contribution is 7.07. The number of hydrogen-bond donors (Lipinski definition) is 1. The Bertz CT molecular complexity index is 481. The summed E-state index contributed by atoms with van der Waals surface area (Å²) in [6.07, 6.45) is 0. The van der Waals surface area contributed by atoms with Crippen LogP contribution in [-0.2, 0) is 0 Å². The molecule has 1 aromatic carbocycles. The third kappa shape index (κ3) is 4.33. The summed E-state index contributed by atoms with van der Waals surface area (Å²) in [7, 11) is 0. The molecule has 1 N–H and O–H groups in total. The largest absolute Gasteiger partial charge is 0.492 e. The number of nitrogens with one attached hydrogen (secondary N) is 1. The van der Waals surface area contributed by atoms with Gasteiger partial charge in [-0.2, -0.15) is 0 Å². The van der Waals surface area contributed by atoms with E-state index >= 15 is 0 Å². The highest BCUT2D eigenvalue weighted by Gasteiger charge is 2.11. The van der Waals surface area contributed by atoms with Crippen molar-refractivity contribution in [1.82, 2.24) is 10.3 Å². The average molecular weight is 276 g/mol. The van der Waals surface area contributed by atoms with Crippen LogP contribution >= 0.6 is 11.3 Å². The Labute approximate surface area is 118 Å². The van der Waals surface area contributed by atoms with Crippen molar-refractivity contribution in [3.05, 3.63) is 46.4 Å². The smallest absolute Gasteiger partial charge is 0.119 e. The minimum Gasteiger partial charge on any atom is -0.492 e. The second kappa shape index (κ2) is 6.68. The first kappa shape index (κ1) is 14.0. The number of thiazole rings is 1. The molecule has 19 heavy (non-hydrogen) atoms. The van der Waals surface area contributed by atoms with Gasteiger partial charge in [0, 0.05) is 17.5 Å². The van der Waals surface area contributed by atoms with Crippen molar-refractivity contribution < 1.29 is 4.74 Å². The lowest BCUT2D eigenvalue weighted by atomic mass is 10.2. The van der Waals surface area contributed by atoms with Gasteiger partial charge >= 0.3 is 0 Å². The molecule has 0 amide bonds. The molecule has 0 saturated carbocycles. The number of aryl methyl sites for hydroxylation is 1. The van der Waals surface area contributed by atoms with Gasteiger partial charge in [-0.3, -0.25) is 0 Å². The lowest BCUT2D eigenvalue weighted by molar-refractivity contribution is 0.263. The summed E-state index contributed by atoms with van der Waals surface area (Å²) in [5.41, 5.74) is 4.20. The molecule has 2 unspecified atom stereocenters. The van der Waals surface area contributed by atoms with Crippen LogP contribution in [0.15, 0.2) is 35.2 Å². The van der Waals surface area contributed by atoms with Crippen LogP contribution in [0.3, 0.4) is 0 Å². The summed E-state index contributed by atoms with van der Waals surface area (Å²) in [5, 5.41) is 5.56. The summed E-state index contributed by atoms with van der Waals surface area (Å²) < 4.78 is 5.76. The van der Waals surface area contributed by atoms with Gasteiger partial charge in [-0.05, 0) is 32.9 Å². The van der Waals surface area contributed by atoms with Gasteiger partial charge in [-0.1, -0.05) is 17.7 Å². The zero-order valence-corrected chi connectivity index (χ0v) is 12.4. The fourth-order valence-electron chi connectivity index (χ4n) is 1.85. The first-order valence-electron chi connectivity index (χ1n) is 6.49. The quantitative estimate of drug-likeness (QED) is 0.876. The highest BCUT2D eigenvalue weighted by atomic mass is 32.1. The van der Waals surface area contributed by atoms with Gasteiger partial charge in [0.25, 0.3) is 0 Å². The van der Waals surface area contributed by atoms with Crippen molar-refractivity contribution in [2.75, 3.05) is 6.61 Å². The zero-order valence-electron chi connectivity index (χ0n) is 11.6. The van der Waals surface area contributed by atoms with Crippen molar-refractivity contribution >= 4 is 11.3 Å². The Hall–Kier alpha value is -1.39. The minimum absolute atomic E-state index is 0.253. The molecule has 0 radical (unpaired) electrons. The van der Waals surface area contributed by atoms with Crippen LogP contribution in [0.25, 0.3) is 0 Å². The maximum absolute atomic E-state index is 5.76. The Morgan fingerprint density at radius 2 is 2.00 bits per heavy atom. The van der Waals surface area contributed by atoms with Crippen LogP contribution < -0.4 is 10.1 Å².